The van der Waals surface area contributed by atoms with Crippen LogP contribution in [0.15, 0.2) is 41.3 Å². The minimum absolute atomic E-state index is 0.231. The maximum absolute atomic E-state index is 12.6. The van der Waals surface area contributed by atoms with E-state index >= 15 is 0 Å². The van der Waals surface area contributed by atoms with E-state index < -0.39 is 5.69 Å². The van der Waals surface area contributed by atoms with Crippen molar-refractivity contribution in [2.45, 2.75) is 57.2 Å². The van der Waals surface area contributed by atoms with Gasteiger partial charge in [-0.1, -0.05) is 12.1 Å². The number of aromatic nitrogens is 2. The second kappa shape index (κ2) is 11.1. The smallest absolute Gasteiger partial charge is 0.328 e. The number of nitrogens with two attached hydrogens (primary N) is 1. The van der Waals surface area contributed by atoms with Crippen molar-refractivity contribution < 1.29 is 4.79 Å². The number of anilines is 1. The molecule has 9 heteroatoms. The van der Waals surface area contributed by atoms with E-state index in [1.54, 1.807) is 17.2 Å². The van der Waals surface area contributed by atoms with E-state index in [0.29, 0.717) is 31.2 Å². The van der Waals surface area contributed by atoms with Gasteiger partial charge in [0, 0.05) is 50.5 Å². The number of amides is 2. The summed E-state index contributed by atoms with van der Waals surface area (Å²) in [6.07, 6.45) is 7.16. The summed E-state index contributed by atoms with van der Waals surface area (Å²) >= 11 is 0. The Kier molecular flexibility index (Phi) is 7.97. The molecule has 0 radical (unpaired) electrons. The fourth-order valence-corrected chi connectivity index (χ4v) is 4.87. The summed E-state index contributed by atoms with van der Waals surface area (Å²) in [6.45, 7) is 5.08. The second-order valence-corrected chi connectivity index (χ2v) is 9.59. The van der Waals surface area contributed by atoms with E-state index in [1.807, 2.05) is 12.1 Å². The molecular weight excluding hydrogens is 430 g/mol. The van der Waals surface area contributed by atoms with Gasteiger partial charge in [0.2, 0.25) is 0 Å². The molecule has 1 aliphatic heterocycles. The third kappa shape index (κ3) is 6.02. The number of nitrogens with zero attached hydrogens (tertiary/aromatic N) is 4. The van der Waals surface area contributed by atoms with Crippen LogP contribution in [0.5, 0.6) is 0 Å². The standard InChI is InChI=1S/C25H37N7O2/c1-18(30(2)21-9-5-20(26)6-10-21)17-19-3-7-22(8-4-19)32-14-11-23(29-25(32)34)28-24(33)31-15-12-27-13-16-31/h3-4,7-8,11,14,18,20-21,27H,5-6,9-10,12-13,15-17,26H2,1-2H3,(H,28,29,33,34)/t18?,20-,21+. The number of carbonyl (C=O) groups is 1. The molecule has 2 aliphatic rings. The van der Waals surface area contributed by atoms with E-state index in [4.69, 9.17) is 5.73 Å². The zero-order valence-corrected chi connectivity index (χ0v) is 20.2. The Morgan fingerprint density at radius 1 is 1.18 bits per heavy atom. The van der Waals surface area contributed by atoms with Crippen LogP contribution in [-0.2, 0) is 6.42 Å². The molecule has 2 amide bonds. The van der Waals surface area contributed by atoms with Crippen LogP contribution >= 0.6 is 0 Å². The van der Waals surface area contributed by atoms with Gasteiger partial charge in [-0.2, -0.15) is 4.98 Å². The summed E-state index contributed by atoms with van der Waals surface area (Å²) in [5, 5.41) is 5.93. The van der Waals surface area contributed by atoms with Gasteiger partial charge in [0.25, 0.3) is 0 Å². The fourth-order valence-electron chi connectivity index (χ4n) is 4.87. The van der Waals surface area contributed by atoms with E-state index in [-0.39, 0.29) is 11.8 Å². The van der Waals surface area contributed by atoms with Gasteiger partial charge in [0.1, 0.15) is 5.82 Å². The van der Waals surface area contributed by atoms with Gasteiger partial charge in [0.05, 0.1) is 5.69 Å². The topological polar surface area (TPSA) is 109 Å². The second-order valence-electron chi connectivity index (χ2n) is 9.59. The number of hydrogen-bond donors (Lipinski definition) is 3. The maximum atomic E-state index is 12.6. The molecule has 9 nitrogen and oxygen atoms in total. The molecule has 2 heterocycles. The lowest BCUT2D eigenvalue weighted by Crippen LogP contribution is -2.48. The monoisotopic (exact) mass is 467 g/mol. The molecule has 1 aromatic carbocycles. The van der Waals surface area contributed by atoms with Crippen LogP contribution in [0.4, 0.5) is 10.6 Å². The van der Waals surface area contributed by atoms with Gasteiger partial charge >= 0.3 is 11.7 Å². The highest BCUT2D eigenvalue weighted by Gasteiger charge is 2.25. The summed E-state index contributed by atoms with van der Waals surface area (Å²) in [5.74, 6) is 0.266. The van der Waals surface area contributed by atoms with Crippen molar-refractivity contribution in [3.8, 4) is 5.69 Å². The highest BCUT2D eigenvalue weighted by Crippen LogP contribution is 2.23. The molecule has 2 aromatic rings. The van der Waals surface area contributed by atoms with Crippen LogP contribution in [0.25, 0.3) is 5.69 Å². The number of carbonyl (C=O) groups excluding carboxylic acids is 1. The summed E-state index contributed by atoms with van der Waals surface area (Å²) in [5.41, 5.74) is 7.62. The van der Waals surface area contributed by atoms with Crippen molar-refractivity contribution in [3.05, 3.63) is 52.6 Å². The Labute approximate surface area is 201 Å². The molecule has 1 saturated heterocycles. The summed E-state index contributed by atoms with van der Waals surface area (Å²) in [6, 6.07) is 10.9. The number of likely N-dealkylation sites (N-methyl/N-ethyl adjacent to an activating group) is 1. The van der Waals surface area contributed by atoms with Crippen LogP contribution in [0, 0.1) is 0 Å². The molecule has 0 bridgehead atoms. The zero-order chi connectivity index (χ0) is 24.1. The molecule has 2 fully saturated rings. The number of urea groups is 1. The Morgan fingerprint density at radius 2 is 1.85 bits per heavy atom. The number of piperazine rings is 1. The molecule has 1 atom stereocenters. The highest BCUT2D eigenvalue weighted by atomic mass is 16.2. The molecule has 1 unspecified atom stereocenters. The SMILES string of the molecule is CC(Cc1ccc(-n2ccc(NC(=O)N3CCNCC3)nc2=O)cc1)N(C)[C@H]1CC[C@@H](N)CC1. The lowest BCUT2D eigenvalue weighted by molar-refractivity contribution is 0.140. The minimum atomic E-state index is -0.422. The Hall–Kier alpha value is -2.75. The first kappa shape index (κ1) is 24.4. The minimum Gasteiger partial charge on any atom is -0.328 e. The average Bonchev–Trinajstić information content (AvgIpc) is 2.85. The van der Waals surface area contributed by atoms with E-state index in [0.717, 1.165) is 38.0 Å². The van der Waals surface area contributed by atoms with E-state index in [2.05, 4.69) is 46.6 Å². The quantitative estimate of drug-likeness (QED) is 0.598. The molecule has 184 valence electrons. The predicted octanol–water partition coefficient (Wildman–Crippen LogP) is 1.80. The molecule has 4 rings (SSSR count). The molecule has 0 spiro atoms. The van der Waals surface area contributed by atoms with Crippen molar-refractivity contribution >= 4 is 11.8 Å². The number of rotatable bonds is 6. The van der Waals surface area contributed by atoms with Crippen molar-refractivity contribution in [3.63, 3.8) is 0 Å². The third-order valence-corrected chi connectivity index (χ3v) is 7.20. The largest absolute Gasteiger partial charge is 0.354 e. The first-order valence-corrected chi connectivity index (χ1v) is 12.3. The zero-order valence-electron chi connectivity index (χ0n) is 20.2. The Morgan fingerprint density at radius 3 is 2.50 bits per heavy atom. The van der Waals surface area contributed by atoms with Gasteiger partial charge in [-0.3, -0.25) is 9.88 Å². The maximum Gasteiger partial charge on any atom is 0.354 e. The average molecular weight is 468 g/mol. The van der Waals surface area contributed by atoms with Crippen LogP contribution in [0.2, 0.25) is 0 Å². The van der Waals surface area contributed by atoms with Crippen molar-refractivity contribution in [2.24, 2.45) is 5.73 Å². The summed E-state index contributed by atoms with van der Waals surface area (Å²) in [7, 11) is 2.22. The number of hydrogen-bond acceptors (Lipinski definition) is 6. The van der Waals surface area contributed by atoms with Crippen LogP contribution < -0.4 is 22.1 Å². The van der Waals surface area contributed by atoms with Crippen LogP contribution in [-0.4, -0.2) is 76.7 Å². The number of nitrogens with one attached hydrogen (secondary N) is 2. The van der Waals surface area contributed by atoms with E-state index in [9.17, 15) is 9.59 Å². The lowest BCUT2D eigenvalue weighted by Gasteiger charge is -2.37. The van der Waals surface area contributed by atoms with Gasteiger partial charge in [-0.05, 0) is 69.8 Å². The Bertz CT molecular complexity index is 1010. The highest BCUT2D eigenvalue weighted by molar-refractivity contribution is 5.88. The normalized spacial score (nSPS) is 21.9. The number of benzene rings is 1. The first-order valence-electron chi connectivity index (χ1n) is 12.3. The fraction of sp³-hybridized carbons (Fsp3) is 0.560. The first-order chi connectivity index (χ1) is 16.4. The van der Waals surface area contributed by atoms with Gasteiger partial charge in [-0.15, -0.1) is 0 Å². The predicted molar refractivity (Wildman–Crippen MR) is 134 cm³/mol. The van der Waals surface area contributed by atoms with Crippen molar-refractivity contribution in [2.75, 3.05) is 38.5 Å². The molecule has 1 aliphatic carbocycles. The van der Waals surface area contributed by atoms with Crippen molar-refractivity contribution in [1.29, 1.82) is 0 Å². The van der Waals surface area contributed by atoms with Gasteiger partial charge in [-0.25, -0.2) is 9.59 Å². The molecular formula is C25H37N7O2. The lowest BCUT2D eigenvalue weighted by atomic mass is 9.90. The van der Waals surface area contributed by atoms with Gasteiger partial charge < -0.3 is 20.9 Å². The third-order valence-electron chi connectivity index (χ3n) is 7.20. The Balaban J connectivity index is 1.35. The summed E-state index contributed by atoms with van der Waals surface area (Å²) < 4.78 is 1.49. The van der Waals surface area contributed by atoms with Gasteiger partial charge in [0.15, 0.2) is 0 Å². The summed E-state index contributed by atoms with van der Waals surface area (Å²) in [4.78, 5) is 33.2. The molecule has 1 aromatic heterocycles. The molecule has 4 N–H and O–H groups in total. The molecule has 1 saturated carbocycles. The van der Waals surface area contributed by atoms with E-state index in [1.165, 1.54) is 23.0 Å². The van der Waals surface area contributed by atoms with Crippen molar-refractivity contribution in [1.82, 2.24) is 24.7 Å². The van der Waals surface area contributed by atoms with Crippen LogP contribution in [0.1, 0.15) is 38.2 Å². The molecule has 34 heavy (non-hydrogen) atoms. The van der Waals surface area contributed by atoms with Crippen LogP contribution in [0.3, 0.4) is 0 Å².